The molecule has 0 aliphatic carbocycles. The summed E-state index contributed by atoms with van der Waals surface area (Å²) < 4.78 is 31.6. The second kappa shape index (κ2) is 8.16. The summed E-state index contributed by atoms with van der Waals surface area (Å²) in [4.78, 5) is 23.4. The Hall–Kier alpha value is -2.06. The molecule has 10 nitrogen and oxygen atoms in total. The first-order valence-corrected chi connectivity index (χ1v) is 8.73. The van der Waals surface area contributed by atoms with Gasteiger partial charge in [-0.15, -0.1) is 0 Å². The Kier molecular flexibility index (Phi) is 6.80. The molecular weight excluding hydrogens is 451 g/mol. The van der Waals surface area contributed by atoms with E-state index in [4.69, 9.17) is 4.74 Å². The lowest BCUT2D eigenvalue weighted by Crippen LogP contribution is -2.35. The molecule has 130 valence electrons. The predicted molar refractivity (Wildman–Crippen MR) is 94.6 cm³/mol. The van der Waals surface area contributed by atoms with Crippen molar-refractivity contribution in [3.63, 3.8) is 0 Å². The van der Waals surface area contributed by atoms with Crippen LogP contribution in [0.15, 0.2) is 29.2 Å². The predicted octanol–water partition coefficient (Wildman–Crippen LogP) is 1.47. The number of ether oxygens (including phenoxy) is 1. The molecule has 0 saturated heterocycles. The van der Waals surface area contributed by atoms with Gasteiger partial charge >= 0.3 is 12.0 Å². The van der Waals surface area contributed by atoms with Crippen molar-refractivity contribution in [1.82, 2.24) is 25.8 Å². The van der Waals surface area contributed by atoms with Gasteiger partial charge in [0.05, 0.1) is 7.11 Å². The van der Waals surface area contributed by atoms with Crippen molar-refractivity contribution < 1.29 is 17.9 Å². The van der Waals surface area contributed by atoms with Crippen molar-refractivity contribution in [2.75, 3.05) is 12.4 Å². The van der Waals surface area contributed by atoms with Crippen LogP contribution in [-0.2, 0) is 10.0 Å². The zero-order valence-corrected chi connectivity index (χ0v) is 15.8. The average molecular weight is 466 g/mol. The van der Waals surface area contributed by atoms with Crippen molar-refractivity contribution >= 4 is 44.6 Å². The summed E-state index contributed by atoms with van der Waals surface area (Å²) in [6, 6.07) is 5.29. The van der Waals surface area contributed by atoms with Gasteiger partial charge in [0.1, 0.15) is 10.7 Å². The number of carbonyl (C=O) groups excluding carboxylic acids is 1. The number of urea groups is 1. The number of halogens is 1. The van der Waals surface area contributed by atoms with Crippen LogP contribution in [-0.4, -0.2) is 36.5 Å². The summed E-state index contributed by atoms with van der Waals surface area (Å²) >= 11 is 1.87. The molecule has 2 rings (SSSR count). The number of hydrogen-bond acceptors (Lipinski definition) is 8. The van der Waals surface area contributed by atoms with Gasteiger partial charge < -0.3 is 10.9 Å². The molecule has 0 aliphatic rings. The Morgan fingerprint density at radius 2 is 1.88 bits per heavy atom. The summed E-state index contributed by atoms with van der Waals surface area (Å²) in [5.41, 5.74) is 0. The monoisotopic (exact) mass is 466 g/mol. The topological polar surface area (TPSA) is 158 Å². The highest BCUT2D eigenvalue weighted by Gasteiger charge is 2.20. The fourth-order valence-electron chi connectivity index (χ4n) is 1.57. The zero-order chi connectivity index (χ0) is 17.0. The van der Waals surface area contributed by atoms with Crippen LogP contribution in [0.25, 0.3) is 0 Å². The Morgan fingerprint density at radius 3 is 2.50 bits per heavy atom. The molecule has 1 aromatic carbocycles. The number of aryl methyl sites for hydroxylation is 1. The molecule has 12 heteroatoms. The van der Waals surface area contributed by atoms with Crippen molar-refractivity contribution in [3.05, 3.63) is 33.7 Å². The molecule has 0 atom stereocenters. The maximum absolute atomic E-state index is 12.2. The summed E-state index contributed by atoms with van der Waals surface area (Å²) in [6.45, 7) is 1.58. The second-order valence-corrected chi connectivity index (χ2v) is 7.00. The van der Waals surface area contributed by atoms with Crippen molar-refractivity contribution in [3.8, 4) is 6.01 Å². The molecule has 0 aliphatic heterocycles. The zero-order valence-electron chi connectivity index (χ0n) is 12.8. The Balaban J connectivity index is 0.00000288. The van der Waals surface area contributed by atoms with Crippen LogP contribution < -0.4 is 20.9 Å². The number of sulfonamides is 1. The first-order valence-electron chi connectivity index (χ1n) is 6.17. The Bertz CT molecular complexity index is 845. The molecule has 24 heavy (non-hydrogen) atoms. The minimum Gasteiger partial charge on any atom is -0.467 e. The summed E-state index contributed by atoms with van der Waals surface area (Å²) in [6.07, 6.45) is 0. The summed E-state index contributed by atoms with van der Waals surface area (Å²) in [5.74, 6) is 0.192. The molecule has 1 aromatic heterocycles. The maximum atomic E-state index is 12.2. The first kappa shape index (κ1) is 20.0. The number of nitrogens with zero attached hydrogens (tertiary/aromatic N) is 3. The third kappa shape index (κ3) is 4.97. The van der Waals surface area contributed by atoms with E-state index < -0.39 is 16.1 Å². The largest absolute Gasteiger partial charge is 0.467 e. The highest BCUT2D eigenvalue weighted by Crippen LogP contribution is 2.17. The number of anilines is 1. The standard InChI is InChI=1S/C12H12IN5O4S.H3N/c1-7-14-10(17-12(15-7)22-2)16-11(19)18-23(20,21)9-6-4-3-5-8(9)13;/h3-6H,1-2H3,(H2,14,15,16,17,18,19);1H3. The van der Waals surface area contributed by atoms with Crippen LogP contribution in [0.1, 0.15) is 5.82 Å². The van der Waals surface area contributed by atoms with Crippen LogP contribution in [0.2, 0.25) is 0 Å². The van der Waals surface area contributed by atoms with Gasteiger partial charge in [-0.05, 0) is 41.6 Å². The fourth-order valence-corrected chi connectivity index (χ4v) is 3.82. The van der Waals surface area contributed by atoms with Gasteiger partial charge in [0.15, 0.2) is 0 Å². The molecule has 0 bridgehead atoms. The SMILES string of the molecule is COc1nc(C)nc(NC(=O)NS(=O)(=O)c2ccccc2I)n1.N. The average Bonchev–Trinajstić information content (AvgIpc) is 2.46. The number of carbonyl (C=O) groups is 1. The van der Waals surface area contributed by atoms with Gasteiger partial charge in [-0.2, -0.15) is 15.0 Å². The Labute approximate surface area is 152 Å². The van der Waals surface area contributed by atoms with Gasteiger partial charge in [0.25, 0.3) is 10.0 Å². The van der Waals surface area contributed by atoms with Gasteiger partial charge in [-0.1, -0.05) is 12.1 Å². The molecule has 0 radical (unpaired) electrons. The van der Waals surface area contributed by atoms with Crippen LogP contribution in [0.4, 0.5) is 10.7 Å². The lowest BCUT2D eigenvalue weighted by Gasteiger charge is -2.09. The van der Waals surface area contributed by atoms with Crippen LogP contribution in [0, 0.1) is 10.5 Å². The molecule has 0 saturated carbocycles. The fraction of sp³-hybridized carbons (Fsp3) is 0.167. The van der Waals surface area contributed by atoms with Crippen molar-refractivity contribution in [2.24, 2.45) is 0 Å². The number of amides is 2. The van der Waals surface area contributed by atoms with E-state index in [9.17, 15) is 13.2 Å². The minimum atomic E-state index is -4.01. The van der Waals surface area contributed by atoms with Gasteiger partial charge in [-0.25, -0.2) is 17.9 Å². The van der Waals surface area contributed by atoms with E-state index in [0.717, 1.165) is 0 Å². The summed E-state index contributed by atoms with van der Waals surface area (Å²) in [5, 5.41) is 2.23. The molecule has 0 spiro atoms. The quantitative estimate of drug-likeness (QED) is 0.572. The van der Waals surface area contributed by atoms with E-state index in [0.29, 0.717) is 9.39 Å². The molecular formula is C12H15IN6O4S. The molecule has 2 amide bonds. The summed E-state index contributed by atoms with van der Waals surface area (Å²) in [7, 11) is -2.65. The smallest absolute Gasteiger partial charge is 0.335 e. The number of benzene rings is 1. The number of methoxy groups -OCH3 is 1. The van der Waals surface area contributed by atoms with Gasteiger partial charge in [0.2, 0.25) is 5.95 Å². The van der Waals surface area contributed by atoms with Crippen molar-refractivity contribution in [1.29, 1.82) is 0 Å². The third-order valence-corrected chi connectivity index (χ3v) is 5.18. The number of nitrogens with one attached hydrogen (secondary N) is 2. The van der Waals surface area contributed by atoms with E-state index in [1.165, 1.54) is 13.2 Å². The third-order valence-electron chi connectivity index (χ3n) is 2.49. The van der Waals surface area contributed by atoms with E-state index >= 15 is 0 Å². The lowest BCUT2D eigenvalue weighted by atomic mass is 10.4. The van der Waals surface area contributed by atoms with E-state index in [1.807, 2.05) is 27.3 Å². The van der Waals surface area contributed by atoms with Gasteiger partial charge in [0, 0.05) is 3.57 Å². The van der Waals surface area contributed by atoms with Gasteiger partial charge in [-0.3, -0.25) is 5.32 Å². The second-order valence-electron chi connectivity index (χ2n) is 4.18. The molecule has 2 aromatic rings. The van der Waals surface area contributed by atoms with Crippen molar-refractivity contribution in [2.45, 2.75) is 11.8 Å². The van der Waals surface area contributed by atoms with Crippen LogP contribution in [0.3, 0.4) is 0 Å². The Morgan fingerprint density at radius 1 is 1.21 bits per heavy atom. The van der Waals surface area contributed by atoms with E-state index in [-0.39, 0.29) is 23.0 Å². The minimum absolute atomic E-state index is 0. The number of hydrogen-bond donors (Lipinski definition) is 3. The number of aromatic nitrogens is 3. The van der Waals surface area contributed by atoms with E-state index in [2.05, 4.69) is 20.3 Å². The maximum Gasteiger partial charge on any atom is 0.335 e. The van der Waals surface area contributed by atoms with Crippen LogP contribution in [0.5, 0.6) is 6.01 Å². The number of rotatable bonds is 4. The molecule has 1 heterocycles. The lowest BCUT2D eigenvalue weighted by molar-refractivity contribution is 0.256. The highest BCUT2D eigenvalue weighted by atomic mass is 127. The normalized spacial score (nSPS) is 10.5. The van der Waals surface area contributed by atoms with E-state index in [1.54, 1.807) is 25.1 Å². The molecule has 5 N–H and O–H groups in total. The highest BCUT2D eigenvalue weighted by molar-refractivity contribution is 14.1. The molecule has 0 fully saturated rings. The molecule has 0 unspecified atom stereocenters. The first-order chi connectivity index (χ1) is 10.8. The van der Waals surface area contributed by atoms with Crippen LogP contribution >= 0.6 is 22.6 Å².